The van der Waals surface area contributed by atoms with Gasteiger partial charge in [-0.2, -0.15) is 0 Å². The molecule has 2 aromatic carbocycles. The minimum Gasteiger partial charge on any atom is -0.325 e. The lowest BCUT2D eigenvalue weighted by molar-refractivity contribution is -0.115. The van der Waals surface area contributed by atoms with Gasteiger partial charge in [0.2, 0.25) is 11.9 Å². The number of halogens is 2. The van der Waals surface area contributed by atoms with E-state index >= 15 is 0 Å². The summed E-state index contributed by atoms with van der Waals surface area (Å²) >= 11 is 12.0. The van der Waals surface area contributed by atoms with Crippen molar-refractivity contribution >= 4 is 58.0 Å². The summed E-state index contributed by atoms with van der Waals surface area (Å²) in [4.78, 5) is 37.6. The summed E-state index contributed by atoms with van der Waals surface area (Å²) in [5, 5.41) is 9.59. The van der Waals surface area contributed by atoms with Crippen LogP contribution in [0.15, 0.2) is 67.0 Å². The molecule has 1 aliphatic rings. The molecule has 168 valence electrons. The molecule has 0 spiro atoms. The third kappa shape index (κ3) is 4.68. The highest BCUT2D eigenvalue weighted by Gasteiger charge is 2.21. The van der Waals surface area contributed by atoms with Gasteiger partial charge in [0.1, 0.15) is 5.15 Å². The van der Waals surface area contributed by atoms with Crippen LogP contribution in [0.25, 0.3) is 11.3 Å². The van der Waals surface area contributed by atoms with Crippen molar-refractivity contribution < 1.29 is 9.59 Å². The summed E-state index contributed by atoms with van der Waals surface area (Å²) in [6.45, 7) is 0. The first-order valence-corrected chi connectivity index (χ1v) is 11.0. The Morgan fingerprint density at radius 3 is 2.59 bits per heavy atom. The second kappa shape index (κ2) is 9.09. The molecular formula is C24H16Cl2N6O2. The number of aromatic nitrogens is 3. The number of amides is 2. The Kier molecular flexibility index (Phi) is 5.83. The summed E-state index contributed by atoms with van der Waals surface area (Å²) in [5.41, 5.74) is 4.45. The number of nitrogens with one attached hydrogen (secondary N) is 3. The first kappa shape index (κ1) is 21.8. The monoisotopic (exact) mass is 490 g/mol. The van der Waals surface area contributed by atoms with Crippen molar-refractivity contribution in [1.82, 2.24) is 15.0 Å². The smallest absolute Gasteiger partial charge is 0.255 e. The molecule has 1 aliphatic heterocycles. The number of benzene rings is 2. The fourth-order valence-electron chi connectivity index (χ4n) is 3.54. The van der Waals surface area contributed by atoms with Crippen LogP contribution in [0.1, 0.15) is 15.9 Å². The van der Waals surface area contributed by atoms with E-state index in [1.165, 1.54) is 6.20 Å². The fraction of sp³-hybridized carbons (Fsp3) is 0.0417. The number of fused-ring (bicyclic) bond motifs is 3. The maximum absolute atomic E-state index is 12.5. The Bertz CT molecular complexity index is 1430. The molecule has 5 rings (SSSR count). The quantitative estimate of drug-likeness (QED) is 0.333. The minimum atomic E-state index is -0.275. The standard InChI is InChI=1S/C24H16Cl2N6O2/c25-15-3-6-18-19(10-15)31-21(33)9-14-12-28-24(32-22(14)18)30-16-4-1-13(2-5-16)23(34)29-17-7-8-27-20(26)11-17/h1-8,10-12H,9H2,(H,31,33)(H,27,29,34)(H,28,30,32). The van der Waals surface area contributed by atoms with Gasteiger partial charge in [-0.25, -0.2) is 15.0 Å². The molecule has 0 radical (unpaired) electrons. The van der Waals surface area contributed by atoms with Gasteiger partial charge in [-0.3, -0.25) is 9.59 Å². The summed E-state index contributed by atoms with van der Waals surface area (Å²) in [6.07, 6.45) is 3.31. The lowest BCUT2D eigenvalue weighted by atomic mass is 10.1. The van der Waals surface area contributed by atoms with Crippen LogP contribution in [-0.2, 0) is 11.2 Å². The van der Waals surface area contributed by atoms with Crippen molar-refractivity contribution in [1.29, 1.82) is 0 Å². The van der Waals surface area contributed by atoms with Crippen molar-refractivity contribution in [2.45, 2.75) is 6.42 Å². The average molecular weight is 491 g/mol. The molecule has 3 N–H and O–H groups in total. The molecule has 2 aromatic heterocycles. The van der Waals surface area contributed by atoms with Crippen LogP contribution in [0.5, 0.6) is 0 Å². The van der Waals surface area contributed by atoms with E-state index in [9.17, 15) is 9.59 Å². The summed E-state index contributed by atoms with van der Waals surface area (Å²) in [6, 6.07) is 15.4. The summed E-state index contributed by atoms with van der Waals surface area (Å²) in [5.74, 6) is -0.0744. The summed E-state index contributed by atoms with van der Waals surface area (Å²) in [7, 11) is 0. The van der Waals surface area contributed by atoms with E-state index in [0.717, 1.165) is 5.56 Å². The summed E-state index contributed by atoms with van der Waals surface area (Å²) < 4.78 is 0. The van der Waals surface area contributed by atoms with Gasteiger partial charge in [0.05, 0.1) is 17.8 Å². The molecule has 8 nitrogen and oxygen atoms in total. The zero-order valence-corrected chi connectivity index (χ0v) is 19.0. The molecule has 0 saturated heterocycles. The zero-order chi connectivity index (χ0) is 23.7. The first-order chi connectivity index (χ1) is 16.4. The van der Waals surface area contributed by atoms with Gasteiger partial charge in [-0.1, -0.05) is 23.2 Å². The highest BCUT2D eigenvalue weighted by Crippen LogP contribution is 2.34. The molecule has 0 unspecified atom stereocenters. The number of hydrogen-bond donors (Lipinski definition) is 3. The third-order valence-electron chi connectivity index (χ3n) is 5.11. The highest BCUT2D eigenvalue weighted by molar-refractivity contribution is 6.31. The second-order valence-corrected chi connectivity index (χ2v) is 8.33. The van der Waals surface area contributed by atoms with E-state index in [4.69, 9.17) is 23.2 Å². The van der Waals surface area contributed by atoms with Crippen molar-refractivity contribution in [3.8, 4) is 11.3 Å². The molecule has 0 atom stereocenters. The number of hydrogen-bond acceptors (Lipinski definition) is 6. The number of pyridine rings is 1. The molecule has 10 heteroatoms. The van der Waals surface area contributed by atoms with Gasteiger partial charge in [0, 0.05) is 45.5 Å². The van der Waals surface area contributed by atoms with Crippen LogP contribution in [-0.4, -0.2) is 26.8 Å². The van der Waals surface area contributed by atoms with E-state index in [1.807, 2.05) is 6.07 Å². The Morgan fingerprint density at radius 1 is 0.971 bits per heavy atom. The van der Waals surface area contributed by atoms with Gasteiger partial charge in [0.25, 0.3) is 5.91 Å². The Balaban J connectivity index is 1.36. The lowest BCUT2D eigenvalue weighted by Crippen LogP contribution is -2.13. The van der Waals surface area contributed by atoms with Crippen LogP contribution in [0, 0.1) is 0 Å². The minimum absolute atomic E-state index is 0.158. The van der Waals surface area contributed by atoms with E-state index in [0.29, 0.717) is 50.0 Å². The number of anilines is 4. The predicted octanol–water partition coefficient (Wildman–Crippen LogP) is 5.34. The van der Waals surface area contributed by atoms with Crippen molar-refractivity contribution in [3.63, 3.8) is 0 Å². The lowest BCUT2D eigenvalue weighted by Gasteiger charge is -2.11. The topological polar surface area (TPSA) is 109 Å². The van der Waals surface area contributed by atoms with Crippen molar-refractivity contribution in [3.05, 3.63) is 88.3 Å². The molecule has 2 amide bonds. The largest absolute Gasteiger partial charge is 0.325 e. The maximum atomic E-state index is 12.5. The van der Waals surface area contributed by atoms with Crippen LogP contribution < -0.4 is 16.0 Å². The molecule has 0 aliphatic carbocycles. The van der Waals surface area contributed by atoms with E-state index < -0.39 is 0 Å². The number of carbonyl (C=O) groups excluding carboxylic acids is 2. The molecule has 0 bridgehead atoms. The normalized spacial score (nSPS) is 12.1. The highest BCUT2D eigenvalue weighted by atomic mass is 35.5. The molecule has 4 aromatic rings. The van der Waals surface area contributed by atoms with Gasteiger partial charge < -0.3 is 16.0 Å². The number of rotatable bonds is 4. The first-order valence-electron chi connectivity index (χ1n) is 10.2. The maximum Gasteiger partial charge on any atom is 0.255 e. The van der Waals surface area contributed by atoms with Gasteiger partial charge >= 0.3 is 0 Å². The van der Waals surface area contributed by atoms with Gasteiger partial charge in [0.15, 0.2) is 0 Å². The average Bonchev–Trinajstić information content (AvgIpc) is 2.94. The van der Waals surface area contributed by atoms with Crippen LogP contribution in [0.4, 0.5) is 23.0 Å². The van der Waals surface area contributed by atoms with Gasteiger partial charge in [-0.05, 0) is 54.6 Å². The molecular weight excluding hydrogens is 475 g/mol. The second-order valence-electron chi connectivity index (χ2n) is 7.51. The van der Waals surface area contributed by atoms with Crippen molar-refractivity contribution in [2.24, 2.45) is 0 Å². The fourth-order valence-corrected chi connectivity index (χ4v) is 3.89. The Morgan fingerprint density at radius 2 is 1.79 bits per heavy atom. The van der Waals surface area contributed by atoms with Crippen molar-refractivity contribution in [2.75, 3.05) is 16.0 Å². The van der Waals surface area contributed by atoms with Crippen LogP contribution >= 0.6 is 23.2 Å². The SMILES string of the molecule is O=C1Cc2cnc(Nc3ccc(C(=O)Nc4ccnc(Cl)c4)cc3)nc2-c2ccc(Cl)cc2N1. The van der Waals surface area contributed by atoms with Crippen LogP contribution in [0.2, 0.25) is 10.2 Å². The molecule has 3 heterocycles. The van der Waals surface area contributed by atoms with E-state index in [1.54, 1.807) is 54.7 Å². The van der Waals surface area contributed by atoms with E-state index in [-0.39, 0.29) is 18.2 Å². The third-order valence-corrected chi connectivity index (χ3v) is 5.56. The zero-order valence-electron chi connectivity index (χ0n) is 17.5. The predicted molar refractivity (Wildman–Crippen MR) is 132 cm³/mol. The molecule has 0 fully saturated rings. The number of nitrogens with zero attached hydrogens (tertiary/aromatic N) is 3. The Hall–Kier alpha value is -4.01. The van der Waals surface area contributed by atoms with Crippen LogP contribution in [0.3, 0.4) is 0 Å². The number of carbonyl (C=O) groups is 2. The Labute approximate surface area is 204 Å². The molecule has 34 heavy (non-hydrogen) atoms. The van der Waals surface area contributed by atoms with E-state index in [2.05, 4.69) is 30.9 Å². The molecule has 0 saturated carbocycles. The van der Waals surface area contributed by atoms with Gasteiger partial charge in [-0.15, -0.1) is 0 Å².